The number of ether oxygens (including phenoxy) is 1. The predicted molar refractivity (Wildman–Crippen MR) is 232 cm³/mol. The van der Waals surface area contributed by atoms with Crippen molar-refractivity contribution in [3.8, 4) is 0 Å². The van der Waals surface area contributed by atoms with Gasteiger partial charge in [0.1, 0.15) is 6.10 Å². The lowest BCUT2D eigenvalue weighted by molar-refractivity contribution is -0.151. The second kappa shape index (κ2) is 43.0. The van der Waals surface area contributed by atoms with Crippen LogP contribution in [0.5, 0.6) is 0 Å². The maximum atomic E-state index is 13.1. The third-order valence-corrected chi connectivity index (χ3v) is 11.4. The molecule has 0 aliphatic heterocycles. The topological polar surface area (TPSA) is 95.9 Å². The van der Waals surface area contributed by atoms with Gasteiger partial charge >= 0.3 is 5.97 Å². The fourth-order valence-corrected chi connectivity index (χ4v) is 7.73. The maximum Gasteiger partial charge on any atom is 0.306 e. The van der Waals surface area contributed by atoms with E-state index in [4.69, 9.17) is 4.74 Å². The highest BCUT2D eigenvalue weighted by atomic mass is 16.5. The molecule has 322 valence electrons. The molecule has 0 radical (unpaired) electrons. The molecule has 0 aromatic rings. The van der Waals surface area contributed by atoms with Gasteiger partial charge in [0.25, 0.3) is 0 Å². The van der Waals surface area contributed by atoms with Gasteiger partial charge in [-0.1, -0.05) is 233 Å². The highest BCUT2D eigenvalue weighted by molar-refractivity contribution is 5.77. The molecule has 6 nitrogen and oxygen atoms in total. The van der Waals surface area contributed by atoms with Gasteiger partial charge in [0.15, 0.2) is 0 Å². The van der Waals surface area contributed by atoms with Crippen LogP contribution in [-0.2, 0) is 14.3 Å². The van der Waals surface area contributed by atoms with Gasteiger partial charge in [0.2, 0.25) is 5.91 Å². The van der Waals surface area contributed by atoms with Crippen LogP contribution in [-0.4, -0.2) is 46.9 Å². The molecule has 0 aromatic carbocycles. The molecular formula is C48H95NO5. The lowest BCUT2D eigenvalue weighted by Crippen LogP contribution is -2.46. The summed E-state index contributed by atoms with van der Waals surface area (Å²) < 4.78 is 5.92. The number of esters is 1. The number of aliphatic hydroxyl groups is 2. The van der Waals surface area contributed by atoms with Crippen LogP contribution in [0.2, 0.25) is 0 Å². The zero-order valence-corrected chi connectivity index (χ0v) is 36.6. The van der Waals surface area contributed by atoms with Crippen molar-refractivity contribution in [1.29, 1.82) is 0 Å². The van der Waals surface area contributed by atoms with Crippen LogP contribution in [0.15, 0.2) is 0 Å². The summed E-state index contributed by atoms with van der Waals surface area (Å²) in [5.41, 5.74) is 0. The molecule has 0 saturated heterocycles. The molecule has 3 N–H and O–H groups in total. The molecule has 0 heterocycles. The molecule has 6 heteroatoms. The van der Waals surface area contributed by atoms with Crippen LogP contribution in [0.1, 0.15) is 271 Å². The summed E-state index contributed by atoms with van der Waals surface area (Å²) in [5.74, 6) is -0.455. The second-order valence-electron chi connectivity index (χ2n) is 16.9. The van der Waals surface area contributed by atoms with E-state index in [0.29, 0.717) is 19.3 Å². The zero-order valence-electron chi connectivity index (χ0n) is 36.6. The van der Waals surface area contributed by atoms with Gasteiger partial charge < -0.3 is 20.3 Å². The number of unbranched alkanes of at least 4 members (excludes halogenated alkanes) is 32. The highest BCUT2D eigenvalue weighted by Crippen LogP contribution is 2.18. The molecule has 0 spiro atoms. The minimum Gasteiger partial charge on any atom is -0.462 e. The molecule has 3 atom stereocenters. The lowest BCUT2D eigenvalue weighted by Gasteiger charge is -2.24. The smallest absolute Gasteiger partial charge is 0.306 e. The SMILES string of the molecule is CCCCCCCCCCCCCCCC(=O)OC(CCCCCCCCCCCCCC)CC(=O)NC(CO)C(O)CCCCCCCCCCCC. The molecule has 0 saturated carbocycles. The number of nitrogens with one attached hydrogen (secondary N) is 1. The summed E-state index contributed by atoms with van der Waals surface area (Å²) in [6.45, 7) is 6.48. The molecule has 1 amide bonds. The van der Waals surface area contributed by atoms with Crippen molar-refractivity contribution < 1.29 is 24.5 Å². The van der Waals surface area contributed by atoms with E-state index in [1.807, 2.05) is 0 Å². The number of hydrogen-bond acceptors (Lipinski definition) is 5. The summed E-state index contributed by atoms with van der Waals surface area (Å²) in [5, 5.41) is 23.6. The van der Waals surface area contributed by atoms with Crippen LogP contribution < -0.4 is 5.32 Å². The fourth-order valence-electron chi connectivity index (χ4n) is 7.73. The number of carbonyl (C=O) groups excluding carboxylic acids is 2. The normalized spacial score (nSPS) is 13.2. The first-order valence-corrected chi connectivity index (χ1v) is 24.3. The summed E-state index contributed by atoms with van der Waals surface area (Å²) in [6, 6.07) is -0.690. The Morgan fingerprint density at radius 1 is 0.463 bits per heavy atom. The van der Waals surface area contributed by atoms with E-state index in [1.165, 1.54) is 186 Å². The van der Waals surface area contributed by atoms with E-state index >= 15 is 0 Å². The molecule has 0 aliphatic rings. The van der Waals surface area contributed by atoms with E-state index < -0.39 is 18.2 Å². The van der Waals surface area contributed by atoms with E-state index in [9.17, 15) is 19.8 Å². The van der Waals surface area contributed by atoms with Crippen LogP contribution in [0.4, 0.5) is 0 Å². The molecule has 54 heavy (non-hydrogen) atoms. The van der Waals surface area contributed by atoms with E-state index in [0.717, 1.165) is 38.5 Å². The summed E-state index contributed by atoms with van der Waals surface area (Å²) in [7, 11) is 0. The second-order valence-corrected chi connectivity index (χ2v) is 16.9. The van der Waals surface area contributed by atoms with Crippen molar-refractivity contribution in [3.05, 3.63) is 0 Å². The lowest BCUT2D eigenvalue weighted by atomic mass is 10.0. The van der Waals surface area contributed by atoms with Crippen LogP contribution in [0.3, 0.4) is 0 Å². The molecule has 0 rings (SSSR count). The van der Waals surface area contributed by atoms with Gasteiger partial charge in [0.05, 0.1) is 25.2 Å². The van der Waals surface area contributed by atoms with Gasteiger partial charge in [-0.2, -0.15) is 0 Å². The average Bonchev–Trinajstić information content (AvgIpc) is 3.16. The Morgan fingerprint density at radius 2 is 0.778 bits per heavy atom. The first-order valence-electron chi connectivity index (χ1n) is 24.3. The third-order valence-electron chi connectivity index (χ3n) is 11.4. The molecule has 3 unspecified atom stereocenters. The van der Waals surface area contributed by atoms with Crippen molar-refractivity contribution >= 4 is 11.9 Å². The van der Waals surface area contributed by atoms with E-state index in [2.05, 4.69) is 26.1 Å². The van der Waals surface area contributed by atoms with Crippen LogP contribution in [0, 0.1) is 0 Å². The minimum atomic E-state index is -0.777. The molecular weight excluding hydrogens is 671 g/mol. The number of aliphatic hydroxyl groups excluding tert-OH is 2. The van der Waals surface area contributed by atoms with Crippen LogP contribution >= 0.6 is 0 Å². The monoisotopic (exact) mass is 766 g/mol. The first-order chi connectivity index (χ1) is 26.5. The van der Waals surface area contributed by atoms with Crippen molar-refractivity contribution in [3.63, 3.8) is 0 Å². The Bertz CT molecular complexity index is 776. The molecule has 0 bridgehead atoms. The molecule has 0 fully saturated rings. The van der Waals surface area contributed by atoms with E-state index in [-0.39, 0.29) is 24.9 Å². The standard InChI is InChI=1S/C48H95NO5/c1-4-7-10-13-16-19-22-24-26-29-32-35-38-41-48(53)54-44(39-36-33-30-27-25-23-20-17-14-11-8-5-2)42-47(52)49-45(43-50)46(51)40-37-34-31-28-21-18-15-12-9-6-3/h44-46,50-51H,4-43H2,1-3H3,(H,49,52). The summed E-state index contributed by atoms with van der Waals surface area (Å²) in [6.07, 6.45) is 44.4. The highest BCUT2D eigenvalue weighted by Gasteiger charge is 2.24. The largest absolute Gasteiger partial charge is 0.462 e. The first kappa shape index (κ1) is 52.9. The Hall–Kier alpha value is -1.14. The van der Waals surface area contributed by atoms with Crippen molar-refractivity contribution in [2.75, 3.05) is 6.61 Å². The Labute approximate surface area is 336 Å². The van der Waals surface area contributed by atoms with Gasteiger partial charge in [-0.05, 0) is 25.7 Å². The summed E-state index contributed by atoms with van der Waals surface area (Å²) >= 11 is 0. The predicted octanol–water partition coefficient (Wildman–Crippen LogP) is 14.0. The summed E-state index contributed by atoms with van der Waals surface area (Å²) in [4.78, 5) is 26.0. The quantitative estimate of drug-likeness (QED) is 0.0424. The van der Waals surface area contributed by atoms with Gasteiger partial charge in [-0.3, -0.25) is 9.59 Å². The zero-order chi connectivity index (χ0) is 39.6. The number of amides is 1. The van der Waals surface area contributed by atoms with Crippen LogP contribution in [0.25, 0.3) is 0 Å². The number of hydrogen-bond donors (Lipinski definition) is 3. The Morgan fingerprint density at radius 3 is 1.13 bits per heavy atom. The van der Waals surface area contributed by atoms with Crippen molar-refractivity contribution in [2.24, 2.45) is 0 Å². The van der Waals surface area contributed by atoms with Crippen molar-refractivity contribution in [2.45, 2.75) is 289 Å². The third kappa shape index (κ3) is 37.8. The Balaban J connectivity index is 4.53. The average molecular weight is 766 g/mol. The van der Waals surface area contributed by atoms with Gasteiger partial charge in [0, 0.05) is 6.42 Å². The number of rotatable bonds is 44. The molecule has 0 aliphatic carbocycles. The Kier molecular flexibility index (Phi) is 42.1. The van der Waals surface area contributed by atoms with Crippen molar-refractivity contribution in [1.82, 2.24) is 5.32 Å². The van der Waals surface area contributed by atoms with Gasteiger partial charge in [-0.15, -0.1) is 0 Å². The number of carbonyl (C=O) groups is 2. The fraction of sp³-hybridized carbons (Fsp3) is 0.958. The maximum absolute atomic E-state index is 13.1. The van der Waals surface area contributed by atoms with Gasteiger partial charge in [-0.25, -0.2) is 0 Å². The van der Waals surface area contributed by atoms with E-state index in [1.54, 1.807) is 0 Å². The molecule has 0 aromatic heterocycles. The minimum absolute atomic E-state index is 0.0872.